The molecule has 112 valence electrons. The third-order valence-corrected chi connectivity index (χ3v) is 4.33. The summed E-state index contributed by atoms with van der Waals surface area (Å²) in [6.45, 7) is 0. The number of carbonyl (C=O) groups is 1. The summed E-state index contributed by atoms with van der Waals surface area (Å²) >= 11 is 0. The predicted octanol–water partition coefficient (Wildman–Crippen LogP) is 2.05. The maximum atomic E-state index is 12.2. The van der Waals surface area contributed by atoms with E-state index in [0.717, 1.165) is 0 Å². The Hall–Kier alpha value is -2.54. The molecule has 3 aromatic rings. The molecule has 0 radical (unpaired) electrons. The van der Waals surface area contributed by atoms with Gasteiger partial charge < -0.3 is 9.72 Å². The van der Waals surface area contributed by atoms with Crippen molar-refractivity contribution in [3.05, 3.63) is 54.0 Å². The molecule has 3 rings (SSSR count). The number of ether oxygens (including phenoxy) is 1. The second-order valence-corrected chi connectivity index (χ2v) is 5.96. The number of methoxy groups -OCH3 is 1. The van der Waals surface area contributed by atoms with E-state index in [9.17, 15) is 9.00 Å². The smallest absolute Gasteiger partial charge is 0.337 e. The number of imidazole rings is 1. The third-order valence-electron chi connectivity index (χ3n) is 3.09. The van der Waals surface area contributed by atoms with Crippen LogP contribution in [0.5, 0.6) is 0 Å². The number of aromatic nitrogens is 3. The molecular weight excluding hydrogens is 302 g/mol. The molecule has 22 heavy (non-hydrogen) atoms. The van der Waals surface area contributed by atoms with Crippen LogP contribution in [0.3, 0.4) is 0 Å². The van der Waals surface area contributed by atoms with Crippen LogP contribution in [-0.2, 0) is 21.3 Å². The second kappa shape index (κ2) is 6.07. The van der Waals surface area contributed by atoms with Crippen molar-refractivity contribution in [3.8, 4) is 0 Å². The Labute approximate surface area is 129 Å². The highest BCUT2D eigenvalue weighted by Crippen LogP contribution is 2.16. The van der Waals surface area contributed by atoms with E-state index in [1.165, 1.54) is 7.11 Å². The van der Waals surface area contributed by atoms with E-state index in [4.69, 9.17) is 0 Å². The number of rotatable bonds is 4. The van der Waals surface area contributed by atoms with Crippen LogP contribution in [0.1, 0.15) is 16.2 Å². The number of benzene rings is 1. The van der Waals surface area contributed by atoms with Gasteiger partial charge in [0, 0.05) is 6.20 Å². The van der Waals surface area contributed by atoms with Crippen molar-refractivity contribution in [2.24, 2.45) is 0 Å². The van der Waals surface area contributed by atoms with Gasteiger partial charge in [-0.2, -0.15) is 0 Å². The summed E-state index contributed by atoms with van der Waals surface area (Å²) in [6, 6.07) is 10.3. The van der Waals surface area contributed by atoms with Gasteiger partial charge in [-0.15, -0.1) is 0 Å². The Kier molecular flexibility index (Phi) is 3.97. The topological polar surface area (TPSA) is 84.9 Å². The number of nitrogens with zero attached hydrogens (tertiary/aromatic N) is 2. The molecule has 7 heteroatoms. The van der Waals surface area contributed by atoms with E-state index in [1.807, 2.05) is 0 Å². The van der Waals surface area contributed by atoms with Gasteiger partial charge in [-0.3, -0.25) is 4.21 Å². The van der Waals surface area contributed by atoms with Crippen LogP contribution in [0, 0.1) is 0 Å². The molecule has 0 aliphatic rings. The summed E-state index contributed by atoms with van der Waals surface area (Å²) < 4.78 is 16.9. The van der Waals surface area contributed by atoms with E-state index in [0.29, 0.717) is 27.4 Å². The van der Waals surface area contributed by atoms with E-state index in [2.05, 4.69) is 19.7 Å². The zero-order valence-corrected chi connectivity index (χ0v) is 12.6. The average Bonchev–Trinajstić information content (AvgIpc) is 2.96. The highest BCUT2D eigenvalue weighted by Gasteiger charge is 2.12. The minimum Gasteiger partial charge on any atom is -0.465 e. The van der Waals surface area contributed by atoms with Crippen molar-refractivity contribution in [1.82, 2.24) is 15.0 Å². The molecule has 0 spiro atoms. The first-order valence-electron chi connectivity index (χ1n) is 6.54. The van der Waals surface area contributed by atoms with E-state index in [1.54, 1.807) is 42.6 Å². The summed E-state index contributed by atoms with van der Waals surface area (Å²) in [5.41, 5.74) is 1.85. The van der Waals surface area contributed by atoms with Crippen LogP contribution in [0.2, 0.25) is 0 Å². The lowest BCUT2D eigenvalue weighted by atomic mass is 10.2. The van der Waals surface area contributed by atoms with Gasteiger partial charge in [0.1, 0.15) is 10.9 Å². The van der Waals surface area contributed by atoms with Crippen LogP contribution < -0.4 is 0 Å². The summed E-state index contributed by atoms with van der Waals surface area (Å²) in [7, 11) is 0.0610. The van der Waals surface area contributed by atoms with E-state index >= 15 is 0 Å². The molecule has 0 bridgehead atoms. The number of carbonyl (C=O) groups excluding carboxylic acids is 1. The fraction of sp³-hybridized carbons (Fsp3) is 0.133. The number of pyridine rings is 1. The van der Waals surface area contributed by atoms with Gasteiger partial charge >= 0.3 is 5.97 Å². The number of aromatic amines is 1. The Morgan fingerprint density at radius 2 is 2.18 bits per heavy atom. The van der Waals surface area contributed by atoms with Crippen LogP contribution in [0.25, 0.3) is 11.0 Å². The van der Waals surface area contributed by atoms with Gasteiger partial charge in [-0.1, -0.05) is 6.07 Å². The Morgan fingerprint density at radius 3 is 2.91 bits per heavy atom. The Balaban J connectivity index is 1.86. The molecule has 1 N–H and O–H groups in total. The first-order valence-corrected chi connectivity index (χ1v) is 7.85. The number of fused-ring (bicyclic) bond motifs is 1. The van der Waals surface area contributed by atoms with Crippen molar-refractivity contribution in [1.29, 1.82) is 0 Å². The first-order chi connectivity index (χ1) is 10.7. The normalized spacial score (nSPS) is 12.2. The number of nitrogens with one attached hydrogen (secondary N) is 1. The van der Waals surface area contributed by atoms with Crippen molar-refractivity contribution < 1.29 is 13.7 Å². The largest absolute Gasteiger partial charge is 0.465 e. The van der Waals surface area contributed by atoms with Crippen molar-refractivity contribution in [2.45, 2.75) is 10.8 Å². The van der Waals surface area contributed by atoms with E-state index < -0.39 is 16.8 Å². The van der Waals surface area contributed by atoms with Crippen LogP contribution in [-0.4, -0.2) is 32.2 Å². The SMILES string of the molecule is COC(=O)c1ccc2nc(CS(=O)c3ccccn3)[nH]c2c1. The van der Waals surface area contributed by atoms with E-state index in [-0.39, 0.29) is 5.75 Å². The number of esters is 1. The molecule has 6 nitrogen and oxygen atoms in total. The van der Waals surface area contributed by atoms with Gasteiger partial charge in [-0.25, -0.2) is 14.8 Å². The molecule has 1 atom stereocenters. The second-order valence-electron chi connectivity index (χ2n) is 4.56. The molecule has 0 saturated carbocycles. The quantitative estimate of drug-likeness (QED) is 0.745. The van der Waals surface area contributed by atoms with Gasteiger partial charge in [0.15, 0.2) is 0 Å². The Morgan fingerprint density at radius 1 is 1.32 bits per heavy atom. The average molecular weight is 315 g/mol. The maximum absolute atomic E-state index is 12.2. The van der Waals surface area contributed by atoms with Gasteiger partial charge in [-0.05, 0) is 30.3 Å². The highest BCUT2D eigenvalue weighted by atomic mass is 32.2. The predicted molar refractivity (Wildman–Crippen MR) is 81.8 cm³/mol. The first kappa shape index (κ1) is 14.4. The summed E-state index contributed by atoms with van der Waals surface area (Å²) in [5.74, 6) is 0.412. The minimum atomic E-state index is -1.27. The van der Waals surface area contributed by atoms with Crippen LogP contribution in [0.15, 0.2) is 47.6 Å². The summed E-state index contributed by atoms with van der Waals surface area (Å²) in [5, 5.41) is 0.512. The lowest BCUT2D eigenvalue weighted by Gasteiger charge is -1.98. The summed E-state index contributed by atoms with van der Waals surface area (Å²) in [4.78, 5) is 23.0. The zero-order chi connectivity index (χ0) is 15.5. The molecule has 0 aliphatic heterocycles. The summed E-state index contributed by atoms with van der Waals surface area (Å²) in [6.07, 6.45) is 1.61. The molecule has 0 saturated heterocycles. The van der Waals surface area contributed by atoms with Gasteiger partial charge in [0.2, 0.25) is 0 Å². The van der Waals surface area contributed by atoms with Crippen molar-refractivity contribution in [2.75, 3.05) is 7.11 Å². The molecule has 2 aromatic heterocycles. The standard InChI is InChI=1S/C15H13N3O3S/c1-21-15(19)10-5-6-11-12(8-10)18-13(17-11)9-22(20)14-4-2-3-7-16-14/h2-8H,9H2,1H3,(H,17,18). The third kappa shape index (κ3) is 2.89. The maximum Gasteiger partial charge on any atom is 0.337 e. The molecular formula is C15H13N3O3S. The van der Waals surface area contributed by atoms with Crippen LogP contribution in [0.4, 0.5) is 0 Å². The minimum absolute atomic E-state index is 0.235. The van der Waals surface area contributed by atoms with Gasteiger partial charge in [0.25, 0.3) is 0 Å². The monoisotopic (exact) mass is 315 g/mol. The molecule has 0 aliphatic carbocycles. The van der Waals surface area contributed by atoms with Crippen molar-refractivity contribution in [3.63, 3.8) is 0 Å². The lowest BCUT2D eigenvalue weighted by molar-refractivity contribution is 0.0601. The molecule has 0 fully saturated rings. The molecule has 1 aromatic carbocycles. The fourth-order valence-electron chi connectivity index (χ4n) is 2.06. The number of H-pyrrole nitrogens is 1. The van der Waals surface area contributed by atoms with Crippen molar-refractivity contribution >= 4 is 27.8 Å². The van der Waals surface area contributed by atoms with Gasteiger partial charge in [0.05, 0.1) is 40.3 Å². The Bertz CT molecular complexity index is 846. The lowest BCUT2D eigenvalue weighted by Crippen LogP contribution is -2.00. The molecule has 1 unspecified atom stereocenters. The fourth-order valence-corrected chi connectivity index (χ4v) is 3.00. The number of hydrogen-bond donors (Lipinski definition) is 1. The molecule has 2 heterocycles. The number of hydrogen-bond acceptors (Lipinski definition) is 5. The molecule has 0 amide bonds. The van der Waals surface area contributed by atoms with Crippen LogP contribution >= 0.6 is 0 Å². The highest BCUT2D eigenvalue weighted by molar-refractivity contribution is 7.84. The zero-order valence-electron chi connectivity index (χ0n) is 11.8.